The van der Waals surface area contributed by atoms with E-state index in [4.69, 9.17) is 5.10 Å². The van der Waals surface area contributed by atoms with Gasteiger partial charge < -0.3 is 5.32 Å². The predicted octanol–water partition coefficient (Wildman–Crippen LogP) is 4.65. The van der Waals surface area contributed by atoms with Crippen molar-refractivity contribution < 1.29 is 4.79 Å². The molecule has 0 aliphatic rings. The number of para-hydroxylation sites is 1. The first-order valence-corrected chi connectivity index (χ1v) is 11.2. The van der Waals surface area contributed by atoms with E-state index in [1.807, 2.05) is 48.5 Å². The number of benzene rings is 2. The van der Waals surface area contributed by atoms with Gasteiger partial charge in [0.25, 0.3) is 0 Å². The van der Waals surface area contributed by atoms with Gasteiger partial charge in [-0.3, -0.25) is 9.89 Å². The van der Waals surface area contributed by atoms with Crippen molar-refractivity contribution >= 4 is 23.5 Å². The van der Waals surface area contributed by atoms with Gasteiger partial charge in [-0.15, -0.1) is 5.10 Å². The zero-order chi connectivity index (χ0) is 21.6. The van der Waals surface area contributed by atoms with Gasteiger partial charge in [0.1, 0.15) is 11.6 Å². The lowest BCUT2D eigenvalue weighted by Crippen LogP contribution is -2.17. The lowest BCUT2D eigenvalue weighted by atomic mass is 10.1. The first-order valence-electron chi connectivity index (χ1n) is 10.2. The highest BCUT2D eigenvalue weighted by Gasteiger charge is 2.15. The third-order valence-corrected chi connectivity index (χ3v) is 5.50. The Morgan fingerprint density at radius 1 is 1.13 bits per heavy atom. The number of carbonyl (C=O) groups excluding carboxylic acids is 1. The summed E-state index contributed by atoms with van der Waals surface area (Å²) in [5.74, 6) is 1.53. The minimum atomic E-state index is -0.139. The van der Waals surface area contributed by atoms with E-state index in [9.17, 15) is 4.79 Å². The maximum Gasteiger partial charge on any atom is 0.236 e. The van der Waals surface area contributed by atoms with Gasteiger partial charge in [0.05, 0.1) is 17.1 Å². The molecule has 0 saturated heterocycles. The maximum absolute atomic E-state index is 12.7. The Labute approximate surface area is 185 Å². The maximum atomic E-state index is 12.7. The minimum absolute atomic E-state index is 0.139. The molecule has 0 atom stereocenters. The molecule has 2 heterocycles. The van der Waals surface area contributed by atoms with Crippen molar-refractivity contribution in [1.29, 1.82) is 0 Å². The van der Waals surface area contributed by atoms with Crippen molar-refractivity contribution in [2.24, 2.45) is 0 Å². The Morgan fingerprint density at radius 2 is 1.90 bits per heavy atom. The van der Waals surface area contributed by atoms with Crippen LogP contribution in [0.3, 0.4) is 0 Å². The summed E-state index contributed by atoms with van der Waals surface area (Å²) in [4.78, 5) is 17.0. The van der Waals surface area contributed by atoms with Gasteiger partial charge in [0.15, 0.2) is 0 Å². The van der Waals surface area contributed by atoms with Crippen LogP contribution in [0.15, 0.2) is 65.8 Å². The molecule has 2 aromatic heterocycles. The first kappa shape index (κ1) is 20.9. The Morgan fingerprint density at radius 3 is 2.65 bits per heavy atom. The largest absolute Gasteiger partial charge is 0.310 e. The Kier molecular flexibility index (Phi) is 6.47. The molecule has 158 valence electrons. The zero-order valence-electron chi connectivity index (χ0n) is 17.5. The van der Waals surface area contributed by atoms with E-state index < -0.39 is 0 Å². The molecule has 0 radical (unpaired) electrons. The molecule has 31 heavy (non-hydrogen) atoms. The molecule has 0 spiro atoms. The van der Waals surface area contributed by atoms with Crippen LogP contribution in [0.5, 0.6) is 0 Å². The summed E-state index contributed by atoms with van der Waals surface area (Å²) in [5, 5.41) is 15.4. The van der Waals surface area contributed by atoms with Crippen LogP contribution in [0.2, 0.25) is 0 Å². The number of hydrogen-bond donors (Lipinski definition) is 2. The van der Waals surface area contributed by atoms with E-state index >= 15 is 0 Å². The predicted molar refractivity (Wildman–Crippen MR) is 123 cm³/mol. The van der Waals surface area contributed by atoms with Gasteiger partial charge in [-0.2, -0.15) is 5.10 Å². The van der Waals surface area contributed by atoms with Crippen molar-refractivity contribution in [2.75, 3.05) is 11.1 Å². The Balaban J connectivity index is 1.52. The van der Waals surface area contributed by atoms with Crippen LogP contribution in [-0.2, 0) is 11.2 Å². The molecule has 4 aromatic rings. The standard InChI is InChI=1S/C23H24N6OS/c1-3-7-20-24-23(27-26-20)31-15-22(30)25-21-14-19(17-12-10-16(2)11-13-17)28-29(21)18-8-5-4-6-9-18/h4-6,8-14H,3,7,15H2,1-2H3,(H,25,30)(H,24,26,27). The van der Waals surface area contributed by atoms with Gasteiger partial charge in [0.2, 0.25) is 11.1 Å². The number of thioether (sulfide) groups is 1. The molecule has 4 rings (SSSR count). The van der Waals surface area contributed by atoms with Gasteiger partial charge in [-0.1, -0.05) is 66.7 Å². The average molecular weight is 433 g/mol. The molecule has 0 fully saturated rings. The van der Waals surface area contributed by atoms with Gasteiger partial charge in [0, 0.05) is 18.1 Å². The highest BCUT2D eigenvalue weighted by atomic mass is 32.2. The van der Waals surface area contributed by atoms with E-state index in [1.54, 1.807) is 4.68 Å². The molecule has 0 aliphatic carbocycles. The number of aryl methyl sites for hydroxylation is 2. The number of rotatable bonds is 8. The number of aromatic amines is 1. The SMILES string of the molecule is CCCc1nc(SCC(=O)Nc2cc(-c3ccc(C)cc3)nn2-c2ccccc2)n[nH]1. The van der Waals surface area contributed by atoms with Crippen LogP contribution in [0.1, 0.15) is 24.7 Å². The van der Waals surface area contributed by atoms with Crippen molar-refractivity contribution in [3.63, 3.8) is 0 Å². The Hall–Kier alpha value is -3.39. The van der Waals surface area contributed by atoms with Crippen LogP contribution in [-0.4, -0.2) is 36.6 Å². The number of hydrogen-bond acceptors (Lipinski definition) is 5. The van der Waals surface area contributed by atoms with Crippen LogP contribution in [0, 0.1) is 6.92 Å². The summed E-state index contributed by atoms with van der Waals surface area (Å²) in [7, 11) is 0. The molecule has 7 nitrogen and oxygen atoms in total. The fraction of sp³-hybridized carbons (Fsp3) is 0.217. The Bertz CT molecular complexity index is 1150. The normalized spacial score (nSPS) is 10.9. The second kappa shape index (κ2) is 9.61. The molecule has 0 saturated carbocycles. The van der Waals surface area contributed by atoms with Crippen LogP contribution >= 0.6 is 11.8 Å². The fourth-order valence-electron chi connectivity index (χ4n) is 3.10. The van der Waals surface area contributed by atoms with Crippen molar-refractivity contribution in [3.05, 3.63) is 72.1 Å². The number of H-pyrrole nitrogens is 1. The van der Waals surface area contributed by atoms with E-state index in [2.05, 4.69) is 46.5 Å². The van der Waals surface area contributed by atoms with Gasteiger partial charge in [-0.05, 0) is 25.5 Å². The molecule has 1 amide bonds. The van der Waals surface area contributed by atoms with Crippen molar-refractivity contribution in [2.45, 2.75) is 31.8 Å². The topological polar surface area (TPSA) is 88.5 Å². The highest BCUT2D eigenvalue weighted by molar-refractivity contribution is 7.99. The zero-order valence-corrected chi connectivity index (χ0v) is 18.3. The molecule has 8 heteroatoms. The molecule has 2 N–H and O–H groups in total. The smallest absolute Gasteiger partial charge is 0.236 e. The number of anilines is 1. The van der Waals surface area contributed by atoms with Crippen LogP contribution in [0.25, 0.3) is 16.9 Å². The van der Waals surface area contributed by atoms with E-state index in [1.165, 1.54) is 17.3 Å². The fourth-order valence-corrected chi connectivity index (χ4v) is 3.72. The summed E-state index contributed by atoms with van der Waals surface area (Å²) < 4.78 is 1.75. The second-order valence-corrected chi connectivity index (χ2v) is 8.12. The van der Waals surface area contributed by atoms with E-state index in [0.717, 1.165) is 35.6 Å². The summed E-state index contributed by atoms with van der Waals surface area (Å²) in [6.45, 7) is 4.14. The van der Waals surface area contributed by atoms with Crippen LogP contribution in [0.4, 0.5) is 5.82 Å². The third kappa shape index (κ3) is 5.21. The minimum Gasteiger partial charge on any atom is -0.310 e. The molecule has 2 aromatic carbocycles. The van der Waals surface area contributed by atoms with Crippen molar-refractivity contribution in [3.8, 4) is 16.9 Å². The number of amides is 1. The van der Waals surface area contributed by atoms with Crippen LogP contribution < -0.4 is 5.32 Å². The van der Waals surface area contributed by atoms with Crippen molar-refractivity contribution in [1.82, 2.24) is 25.0 Å². The second-order valence-electron chi connectivity index (χ2n) is 7.18. The summed E-state index contributed by atoms with van der Waals surface area (Å²) in [6.07, 6.45) is 1.84. The lowest BCUT2D eigenvalue weighted by Gasteiger charge is -2.08. The summed E-state index contributed by atoms with van der Waals surface area (Å²) in [6, 6.07) is 19.8. The highest BCUT2D eigenvalue weighted by Crippen LogP contribution is 2.25. The summed E-state index contributed by atoms with van der Waals surface area (Å²) >= 11 is 1.31. The average Bonchev–Trinajstić information content (AvgIpc) is 3.41. The number of nitrogens with zero attached hydrogens (tertiary/aromatic N) is 4. The lowest BCUT2D eigenvalue weighted by molar-refractivity contribution is -0.113. The summed E-state index contributed by atoms with van der Waals surface area (Å²) in [5.41, 5.74) is 3.85. The third-order valence-electron chi connectivity index (χ3n) is 4.66. The molecule has 0 unspecified atom stereocenters. The molecular weight excluding hydrogens is 408 g/mol. The quantitative estimate of drug-likeness (QED) is 0.396. The van der Waals surface area contributed by atoms with Gasteiger partial charge >= 0.3 is 0 Å². The molecule has 0 bridgehead atoms. The monoisotopic (exact) mass is 432 g/mol. The van der Waals surface area contributed by atoms with Gasteiger partial charge in [-0.25, -0.2) is 9.67 Å². The number of aromatic nitrogens is 5. The first-order chi connectivity index (χ1) is 15.1. The van der Waals surface area contributed by atoms with E-state index in [-0.39, 0.29) is 11.7 Å². The molecular formula is C23H24N6OS. The number of nitrogens with one attached hydrogen (secondary N) is 2. The molecule has 0 aliphatic heterocycles. The number of carbonyl (C=O) groups is 1. The van der Waals surface area contributed by atoms with E-state index in [0.29, 0.717) is 11.0 Å².